The molecule has 0 fully saturated rings. The molecule has 5 nitrogen and oxygen atoms in total. The zero-order valence-corrected chi connectivity index (χ0v) is 11.4. The molecule has 0 spiro atoms. The summed E-state index contributed by atoms with van der Waals surface area (Å²) in [5.41, 5.74) is -0.349. The summed E-state index contributed by atoms with van der Waals surface area (Å²) >= 11 is 11.5. The standard InChI is InChI=1S/C13H9Cl2NO4/c14-6-4-7(15)12(19)8(5-6)16-13(20)11-9(17)2-1-3-10(11)18/h1-5,17-19H,(H,16,20). The number of amides is 1. The Morgan fingerprint density at radius 3 is 2.25 bits per heavy atom. The molecule has 0 aliphatic heterocycles. The Bertz CT molecular complexity index is 668. The number of carbonyl (C=O) groups is 1. The summed E-state index contributed by atoms with van der Waals surface area (Å²) in [5, 5.41) is 31.4. The largest absolute Gasteiger partial charge is 0.507 e. The summed E-state index contributed by atoms with van der Waals surface area (Å²) < 4.78 is 0. The first-order chi connectivity index (χ1) is 9.40. The summed E-state index contributed by atoms with van der Waals surface area (Å²) in [6, 6.07) is 6.48. The lowest BCUT2D eigenvalue weighted by atomic mass is 10.1. The number of nitrogens with one attached hydrogen (secondary N) is 1. The molecule has 2 rings (SSSR count). The second kappa shape index (κ2) is 5.48. The van der Waals surface area contributed by atoms with Gasteiger partial charge >= 0.3 is 0 Å². The van der Waals surface area contributed by atoms with Crippen LogP contribution in [-0.4, -0.2) is 21.2 Å². The van der Waals surface area contributed by atoms with E-state index < -0.39 is 17.4 Å². The van der Waals surface area contributed by atoms with Crippen molar-refractivity contribution in [2.75, 3.05) is 5.32 Å². The number of rotatable bonds is 2. The van der Waals surface area contributed by atoms with E-state index >= 15 is 0 Å². The van der Waals surface area contributed by atoms with Crippen LogP contribution in [0.1, 0.15) is 10.4 Å². The maximum atomic E-state index is 12.0. The summed E-state index contributed by atoms with van der Waals surface area (Å²) in [6.07, 6.45) is 0. The highest BCUT2D eigenvalue weighted by Crippen LogP contribution is 2.36. The predicted molar refractivity (Wildman–Crippen MR) is 75.9 cm³/mol. The molecule has 0 atom stereocenters. The average Bonchev–Trinajstić information content (AvgIpc) is 2.35. The molecule has 2 aromatic rings. The van der Waals surface area contributed by atoms with E-state index in [1.807, 2.05) is 0 Å². The summed E-state index contributed by atoms with van der Waals surface area (Å²) in [6.45, 7) is 0. The van der Waals surface area contributed by atoms with Crippen LogP contribution in [0.25, 0.3) is 0 Å². The molecule has 0 saturated carbocycles. The molecule has 0 saturated heterocycles. The van der Waals surface area contributed by atoms with E-state index in [0.717, 1.165) is 0 Å². The normalized spacial score (nSPS) is 10.3. The maximum Gasteiger partial charge on any atom is 0.263 e. The van der Waals surface area contributed by atoms with Crippen molar-refractivity contribution in [2.24, 2.45) is 0 Å². The number of halogens is 2. The number of hydrogen-bond acceptors (Lipinski definition) is 4. The maximum absolute atomic E-state index is 12.0. The minimum atomic E-state index is -0.811. The third kappa shape index (κ3) is 2.74. The van der Waals surface area contributed by atoms with Gasteiger partial charge in [0.25, 0.3) is 5.91 Å². The number of hydrogen-bond donors (Lipinski definition) is 4. The van der Waals surface area contributed by atoms with E-state index in [2.05, 4.69) is 5.32 Å². The topological polar surface area (TPSA) is 89.8 Å². The van der Waals surface area contributed by atoms with Crippen LogP contribution in [-0.2, 0) is 0 Å². The number of aromatic hydroxyl groups is 3. The Kier molecular flexibility index (Phi) is 3.92. The van der Waals surface area contributed by atoms with Gasteiger partial charge in [0.1, 0.15) is 17.1 Å². The lowest BCUT2D eigenvalue weighted by Crippen LogP contribution is -2.12. The van der Waals surface area contributed by atoms with Crippen LogP contribution >= 0.6 is 23.2 Å². The van der Waals surface area contributed by atoms with Crippen LogP contribution in [0, 0.1) is 0 Å². The molecule has 1 amide bonds. The van der Waals surface area contributed by atoms with Gasteiger partial charge in [-0.05, 0) is 24.3 Å². The minimum absolute atomic E-state index is 0.0323. The zero-order chi connectivity index (χ0) is 14.9. The van der Waals surface area contributed by atoms with Gasteiger partial charge in [0.2, 0.25) is 0 Å². The van der Waals surface area contributed by atoms with Crippen molar-refractivity contribution < 1.29 is 20.1 Å². The number of anilines is 1. The van der Waals surface area contributed by atoms with E-state index in [0.29, 0.717) is 0 Å². The molecule has 0 aromatic heterocycles. The quantitative estimate of drug-likeness (QED) is 0.640. The highest BCUT2D eigenvalue weighted by molar-refractivity contribution is 6.36. The highest BCUT2D eigenvalue weighted by Gasteiger charge is 2.18. The van der Waals surface area contributed by atoms with Gasteiger partial charge in [-0.15, -0.1) is 0 Å². The third-order valence-electron chi connectivity index (χ3n) is 2.52. The van der Waals surface area contributed by atoms with E-state index in [4.69, 9.17) is 23.2 Å². The fourth-order valence-corrected chi connectivity index (χ4v) is 2.10. The summed E-state index contributed by atoms with van der Waals surface area (Å²) in [4.78, 5) is 12.0. The second-order valence-corrected chi connectivity index (χ2v) is 4.75. The Hall–Kier alpha value is -2.11. The van der Waals surface area contributed by atoms with Crippen LogP contribution in [0.4, 0.5) is 5.69 Å². The fraction of sp³-hybridized carbons (Fsp3) is 0. The molecule has 4 N–H and O–H groups in total. The number of phenolic OH excluding ortho intramolecular Hbond substituents is 3. The predicted octanol–water partition coefficient (Wildman–Crippen LogP) is 3.36. The summed E-state index contributed by atoms with van der Waals surface area (Å²) in [7, 11) is 0. The number of carbonyl (C=O) groups excluding carboxylic acids is 1. The van der Waals surface area contributed by atoms with Crippen LogP contribution in [0.15, 0.2) is 30.3 Å². The van der Waals surface area contributed by atoms with Gasteiger partial charge < -0.3 is 20.6 Å². The zero-order valence-electron chi connectivity index (χ0n) is 9.89. The second-order valence-electron chi connectivity index (χ2n) is 3.91. The van der Waals surface area contributed by atoms with Crippen LogP contribution in [0.3, 0.4) is 0 Å². The van der Waals surface area contributed by atoms with Crippen LogP contribution in [0.2, 0.25) is 10.0 Å². The Morgan fingerprint density at radius 2 is 1.65 bits per heavy atom. The van der Waals surface area contributed by atoms with Crippen molar-refractivity contribution in [3.63, 3.8) is 0 Å². The van der Waals surface area contributed by atoms with Crippen LogP contribution in [0.5, 0.6) is 17.2 Å². The lowest BCUT2D eigenvalue weighted by molar-refractivity contribution is 0.102. The van der Waals surface area contributed by atoms with Gasteiger partial charge in [0.05, 0.1) is 10.7 Å². The van der Waals surface area contributed by atoms with E-state index in [1.54, 1.807) is 0 Å². The van der Waals surface area contributed by atoms with E-state index in [-0.39, 0.29) is 27.0 Å². The van der Waals surface area contributed by atoms with Gasteiger partial charge in [0.15, 0.2) is 5.75 Å². The molecule has 2 aromatic carbocycles. The fourth-order valence-electron chi connectivity index (χ4n) is 1.61. The molecule has 0 unspecified atom stereocenters. The lowest BCUT2D eigenvalue weighted by Gasteiger charge is -2.11. The van der Waals surface area contributed by atoms with Crippen molar-refractivity contribution in [1.82, 2.24) is 0 Å². The third-order valence-corrected chi connectivity index (χ3v) is 3.03. The first-order valence-corrected chi connectivity index (χ1v) is 6.16. The number of benzene rings is 2. The molecule has 0 radical (unpaired) electrons. The summed E-state index contributed by atoms with van der Waals surface area (Å²) in [5.74, 6) is -1.96. The van der Waals surface area contributed by atoms with Crippen molar-refractivity contribution in [2.45, 2.75) is 0 Å². The molecule has 0 bridgehead atoms. The Labute approximate surface area is 124 Å². The van der Waals surface area contributed by atoms with E-state index in [1.165, 1.54) is 30.3 Å². The van der Waals surface area contributed by atoms with Crippen LogP contribution < -0.4 is 5.32 Å². The SMILES string of the molecule is O=C(Nc1cc(Cl)cc(Cl)c1O)c1c(O)cccc1O. The van der Waals surface area contributed by atoms with Crippen molar-refractivity contribution in [3.8, 4) is 17.2 Å². The van der Waals surface area contributed by atoms with Gasteiger partial charge in [-0.25, -0.2) is 0 Å². The smallest absolute Gasteiger partial charge is 0.263 e. The minimum Gasteiger partial charge on any atom is -0.507 e. The molecule has 0 aliphatic carbocycles. The van der Waals surface area contributed by atoms with Gasteiger partial charge in [0, 0.05) is 5.02 Å². The average molecular weight is 314 g/mol. The Balaban J connectivity index is 2.38. The molecular weight excluding hydrogens is 305 g/mol. The highest BCUT2D eigenvalue weighted by atomic mass is 35.5. The molecular formula is C13H9Cl2NO4. The Morgan fingerprint density at radius 1 is 1.05 bits per heavy atom. The molecule has 104 valence electrons. The molecule has 0 aliphatic rings. The molecule has 7 heteroatoms. The number of phenols is 3. The van der Waals surface area contributed by atoms with Gasteiger partial charge in [-0.2, -0.15) is 0 Å². The first kappa shape index (κ1) is 14.3. The van der Waals surface area contributed by atoms with Crippen molar-refractivity contribution in [3.05, 3.63) is 45.9 Å². The van der Waals surface area contributed by atoms with E-state index in [9.17, 15) is 20.1 Å². The van der Waals surface area contributed by atoms with Gasteiger partial charge in [-0.1, -0.05) is 29.3 Å². The first-order valence-electron chi connectivity index (χ1n) is 5.40. The molecule has 20 heavy (non-hydrogen) atoms. The van der Waals surface area contributed by atoms with Gasteiger partial charge in [-0.3, -0.25) is 4.79 Å². The van der Waals surface area contributed by atoms with Crippen molar-refractivity contribution in [1.29, 1.82) is 0 Å². The van der Waals surface area contributed by atoms with Crippen molar-refractivity contribution >= 4 is 34.8 Å². The molecule has 0 heterocycles. The monoisotopic (exact) mass is 313 g/mol.